The van der Waals surface area contributed by atoms with Gasteiger partial charge in [-0.05, 0) is 112 Å². The number of carbonyl (C=O) groups is 8. The number of nitrogens with zero attached hydrogens (tertiary/aromatic N) is 4. The summed E-state index contributed by atoms with van der Waals surface area (Å²) in [6, 6.07) is 22.8. The Bertz CT molecular complexity index is 2120. The van der Waals surface area contributed by atoms with Gasteiger partial charge in [0.15, 0.2) is 24.8 Å². The first kappa shape index (κ1) is 57.7. The number of pyridine rings is 2. The van der Waals surface area contributed by atoms with E-state index in [4.69, 9.17) is 68.9 Å². The van der Waals surface area contributed by atoms with Gasteiger partial charge in [0, 0.05) is 38.3 Å². The highest BCUT2D eigenvalue weighted by atomic mass is 16.5. The summed E-state index contributed by atoms with van der Waals surface area (Å²) < 4.78 is 12.8. The molecule has 0 atom stereocenters. The number of carboxylic acid groups (broad SMARTS) is 6. The summed E-state index contributed by atoms with van der Waals surface area (Å²) in [5, 5.41) is 72.3. The Morgan fingerprint density at radius 1 is 0.500 bits per heavy atom. The van der Waals surface area contributed by atoms with Crippen molar-refractivity contribution in [2.75, 3.05) is 52.5 Å². The van der Waals surface area contributed by atoms with Crippen LogP contribution >= 0.6 is 0 Å². The molecule has 0 saturated carbocycles. The predicted molar refractivity (Wildman–Crippen MR) is 243 cm³/mol. The van der Waals surface area contributed by atoms with Crippen LogP contribution in [0.2, 0.25) is 0 Å². The van der Waals surface area contributed by atoms with Gasteiger partial charge in [-0.25, -0.2) is 28.8 Å². The second-order valence-electron chi connectivity index (χ2n) is 14.9. The van der Waals surface area contributed by atoms with Gasteiger partial charge in [0.1, 0.15) is 22.6 Å². The van der Waals surface area contributed by atoms with Gasteiger partial charge in [0.25, 0.3) is 11.8 Å². The number of carboxylic acids is 6. The van der Waals surface area contributed by atoms with Crippen molar-refractivity contribution < 1.29 is 87.9 Å². The maximum absolute atomic E-state index is 11.9. The summed E-state index contributed by atoms with van der Waals surface area (Å²) in [5.41, 5.74) is 3.26. The van der Waals surface area contributed by atoms with Crippen molar-refractivity contribution in [2.45, 2.75) is 51.6 Å². The molecule has 0 bridgehead atoms. The molecular weight excluding hydrogens is 925 g/mol. The fourth-order valence-corrected chi connectivity index (χ4v) is 6.18. The molecule has 4 aromatic rings. The van der Waals surface area contributed by atoms with Crippen molar-refractivity contribution in [1.82, 2.24) is 20.4 Å². The number of benzene rings is 2. The summed E-state index contributed by atoms with van der Waals surface area (Å²) in [5.74, 6) is -9.71. The van der Waals surface area contributed by atoms with Crippen molar-refractivity contribution in [1.29, 1.82) is 0 Å². The number of aromatic nitrogens is 2. The van der Waals surface area contributed by atoms with Crippen LogP contribution in [-0.2, 0) is 41.9 Å². The zero-order valence-electron chi connectivity index (χ0n) is 37.9. The fourth-order valence-electron chi connectivity index (χ4n) is 6.18. The van der Waals surface area contributed by atoms with E-state index in [1.54, 1.807) is 24.3 Å². The number of hydrogen-bond acceptors (Lipinski definition) is 14. The summed E-state index contributed by atoms with van der Waals surface area (Å²) >= 11 is 0. The first-order chi connectivity index (χ1) is 33.3. The molecule has 70 heavy (non-hydrogen) atoms. The molecule has 0 spiro atoms. The van der Waals surface area contributed by atoms with E-state index in [9.17, 15) is 20.0 Å². The van der Waals surface area contributed by atoms with E-state index < -0.39 is 35.8 Å². The lowest BCUT2D eigenvalue weighted by atomic mass is 10.2. The molecule has 6 rings (SSSR count). The van der Waals surface area contributed by atoms with Crippen LogP contribution in [0.4, 0.5) is 0 Å². The maximum atomic E-state index is 11.9. The molecular formula is C46H56N6O18. The lowest BCUT2D eigenvalue weighted by molar-refractivity contribution is -0.605. The third kappa shape index (κ3) is 25.5. The molecule has 378 valence electrons. The minimum Gasteiger partial charge on any atom is -0.619 e. The second kappa shape index (κ2) is 32.3. The maximum Gasteiger partial charge on any atom is 0.414 e. The summed E-state index contributed by atoms with van der Waals surface area (Å²) in [4.78, 5) is 83.4. The zero-order chi connectivity index (χ0) is 51.8. The predicted octanol–water partition coefficient (Wildman–Crippen LogP) is 1.70. The lowest BCUT2D eigenvalue weighted by Crippen LogP contribution is -2.30. The molecule has 2 amide bonds. The van der Waals surface area contributed by atoms with Crippen LogP contribution in [0.3, 0.4) is 0 Å². The normalized spacial score (nSPS) is 12.5. The highest BCUT2D eigenvalue weighted by molar-refractivity contribution is 6.28. The van der Waals surface area contributed by atoms with Crippen molar-refractivity contribution in [3.05, 3.63) is 130 Å². The van der Waals surface area contributed by atoms with Gasteiger partial charge in [0.2, 0.25) is 0 Å². The fraction of sp³-hybridized carbons (Fsp3) is 0.348. The van der Waals surface area contributed by atoms with E-state index in [0.29, 0.717) is 59.7 Å². The SMILES string of the molecule is O=C(NCCCOc1cccc(CN2CCCC2)c1)c1ccc[n+]([O-])c1.O=C(NCCCOc1cccc(CN2CCCC2)c1)c1ccc[n+]([O-])c1.O=C(O)C(=O)O.O=C(O)C(=O)O.O=C(O)C(=O)O. The molecule has 2 aliphatic heterocycles. The summed E-state index contributed by atoms with van der Waals surface area (Å²) in [6.07, 6.45) is 11.8. The number of hydrogen-bond donors (Lipinski definition) is 8. The van der Waals surface area contributed by atoms with Crippen LogP contribution in [0.15, 0.2) is 97.6 Å². The van der Waals surface area contributed by atoms with Crippen molar-refractivity contribution in [3.63, 3.8) is 0 Å². The number of rotatable bonds is 16. The number of aliphatic carboxylic acids is 6. The zero-order valence-corrected chi connectivity index (χ0v) is 37.9. The number of nitrogens with one attached hydrogen (secondary N) is 2. The Kier molecular flexibility index (Phi) is 26.7. The highest BCUT2D eigenvalue weighted by Crippen LogP contribution is 2.19. The number of amides is 2. The first-order valence-corrected chi connectivity index (χ1v) is 21.6. The summed E-state index contributed by atoms with van der Waals surface area (Å²) in [6.45, 7) is 8.73. The molecule has 8 N–H and O–H groups in total. The van der Waals surface area contributed by atoms with Gasteiger partial charge in [-0.1, -0.05) is 24.3 Å². The molecule has 4 heterocycles. The van der Waals surface area contributed by atoms with Crippen molar-refractivity contribution in [2.24, 2.45) is 0 Å². The number of ether oxygens (including phenoxy) is 2. The average Bonchev–Trinajstić information content (AvgIpc) is 4.05. The molecule has 2 saturated heterocycles. The largest absolute Gasteiger partial charge is 0.619 e. The third-order valence-electron chi connectivity index (χ3n) is 9.38. The van der Waals surface area contributed by atoms with Crippen LogP contribution in [0.5, 0.6) is 11.5 Å². The van der Waals surface area contributed by atoms with Gasteiger partial charge >= 0.3 is 35.8 Å². The average molecular weight is 981 g/mol. The molecule has 2 fully saturated rings. The standard InChI is InChI=1S/2C20H25N3O3.3C2H2O4/c2*24-20(18-7-4-12-23(25)16-18)21-9-5-13-26-19-8-3-6-17(14-19)15-22-10-1-2-11-22;3*3-1(4)2(5)6/h2*3-4,6-8,12,14,16H,1-2,5,9-11,13,15H2,(H,21,24);3*(H,3,4)(H,5,6). The molecule has 0 aliphatic carbocycles. The van der Waals surface area contributed by atoms with E-state index in [2.05, 4.69) is 44.7 Å². The van der Waals surface area contributed by atoms with E-state index in [0.717, 1.165) is 24.6 Å². The van der Waals surface area contributed by atoms with Gasteiger partial charge in [-0.15, -0.1) is 0 Å². The highest BCUT2D eigenvalue weighted by Gasteiger charge is 2.14. The molecule has 0 unspecified atom stereocenters. The minimum absolute atomic E-state index is 0.247. The van der Waals surface area contributed by atoms with E-state index in [1.807, 2.05) is 24.3 Å². The van der Waals surface area contributed by atoms with E-state index >= 15 is 0 Å². The second-order valence-corrected chi connectivity index (χ2v) is 14.9. The molecule has 24 heteroatoms. The van der Waals surface area contributed by atoms with Crippen molar-refractivity contribution in [3.8, 4) is 11.5 Å². The molecule has 24 nitrogen and oxygen atoms in total. The quantitative estimate of drug-likeness (QED) is 0.0343. The molecule has 0 radical (unpaired) electrons. The minimum atomic E-state index is -1.82. The van der Waals surface area contributed by atoms with Crippen LogP contribution in [0, 0.1) is 10.4 Å². The molecule has 2 aromatic heterocycles. The van der Waals surface area contributed by atoms with E-state index in [1.165, 1.54) is 87.8 Å². The van der Waals surface area contributed by atoms with Crippen LogP contribution in [-0.4, -0.2) is 141 Å². The van der Waals surface area contributed by atoms with Crippen LogP contribution < -0.4 is 29.6 Å². The van der Waals surface area contributed by atoms with Gasteiger partial charge in [-0.2, -0.15) is 9.46 Å². The third-order valence-corrected chi connectivity index (χ3v) is 9.38. The molecule has 2 aromatic carbocycles. The Hall–Kier alpha value is -8.38. The van der Waals surface area contributed by atoms with Gasteiger partial charge < -0.3 is 61.2 Å². The Morgan fingerprint density at radius 3 is 1.13 bits per heavy atom. The Labute approximate surface area is 401 Å². The van der Waals surface area contributed by atoms with Gasteiger partial charge in [0.05, 0.1) is 13.2 Å². The summed E-state index contributed by atoms with van der Waals surface area (Å²) in [7, 11) is 0. The van der Waals surface area contributed by atoms with Crippen LogP contribution in [0.25, 0.3) is 0 Å². The monoisotopic (exact) mass is 980 g/mol. The topological polar surface area (TPSA) is 361 Å². The van der Waals surface area contributed by atoms with Crippen LogP contribution in [0.1, 0.15) is 70.4 Å². The first-order valence-electron chi connectivity index (χ1n) is 21.6. The van der Waals surface area contributed by atoms with E-state index in [-0.39, 0.29) is 11.8 Å². The lowest BCUT2D eigenvalue weighted by Gasteiger charge is -2.15. The number of carbonyl (C=O) groups excluding carboxylic acids is 2. The van der Waals surface area contributed by atoms with Gasteiger partial charge in [-0.3, -0.25) is 19.4 Å². The Balaban J connectivity index is 0.000000357. The Morgan fingerprint density at radius 2 is 0.829 bits per heavy atom. The van der Waals surface area contributed by atoms with Crippen molar-refractivity contribution >= 4 is 47.6 Å². The smallest absolute Gasteiger partial charge is 0.414 e. The number of likely N-dealkylation sites (tertiary alicyclic amines) is 2. The molecule has 2 aliphatic rings.